The van der Waals surface area contributed by atoms with Crippen molar-refractivity contribution >= 4 is 11.9 Å². The summed E-state index contributed by atoms with van der Waals surface area (Å²) in [6, 6.07) is 7.00. The summed E-state index contributed by atoms with van der Waals surface area (Å²) in [4.78, 5) is 23.2. The first-order valence-electron chi connectivity index (χ1n) is 8.99. The van der Waals surface area contributed by atoms with Crippen LogP contribution in [0.4, 0.5) is 0 Å². The maximum atomic E-state index is 12.2. The van der Waals surface area contributed by atoms with Gasteiger partial charge in [0.2, 0.25) is 5.91 Å². The molecule has 1 aromatic rings. The number of hydrogen-bond acceptors (Lipinski definition) is 6. The highest BCUT2D eigenvalue weighted by Gasteiger charge is 2.26. The van der Waals surface area contributed by atoms with Gasteiger partial charge in [-0.1, -0.05) is 12.1 Å². The number of carbonyl (C=O) groups is 2. The van der Waals surface area contributed by atoms with E-state index >= 15 is 0 Å². The van der Waals surface area contributed by atoms with Crippen molar-refractivity contribution < 1.29 is 23.8 Å². The summed E-state index contributed by atoms with van der Waals surface area (Å²) in [5.74, 6) is 0.548. The van der Waals surface area contributed by atoms with Crippen LogP contribution in [-0.4, -0.2) is 44.8 Å². The fraction of sp³-hybridized carbons (Fsp3) is 0.579. The zero-order chi connectivity index (χ0) is 18.8. The lowest BCUT2D eigenvalue weighted by Crippen LogP contribution is -2.46. The van der Waals surface area contributed by atoms with E-state index in [-0.39, 0.29) is 17.8 Å². The van der Waals surface area contributed by atoms with E-state index in [1.807, 2.05) is 24.3 Å². The van der Waals surface area contributed by atoms with Gasteiger partial charge in [0, 0.05) is 26.2 Å². The lowest BCUT2D eigenvalue weighted by Gasteiger charge is -2.26. The minimum absolute atomic E-state index is 0.125. The first-order chi connectivity index (χ1) is 12.6. The zero-order valence-electron chi connectivity index (χ0n) is 15.2. The molecule has 1 fully saturated rings. The second-order valence-electron chi connectivity index (χ2n) is 6.37. The number of nitrogens with one attached hydrogen (secondary N) is 1. The van der Waals surface area contributed by atoms with Gasteiger partial charge in [-0.25, -0.2) is 0 Å². The maximum absolute atomic E-state index is 12.2. The molecule has 7 heteroatoms. The third kappa shape index (κ3) is 6.65. The highest BCUT2D eigenvalue weighted by molar-refractivity contribution is 5.81. The molecule has 3 N–H and O–H groups in total. The molecule has 7 nitrogen and oxygen atoms in total. The highest BCUT2D eigenvalue weighted by Crippen LogP contribution is 2.18. The third-order valence-electron chi connectivity index (χ3n) is 4.49. The molecule has 1 aromatic carbocycles. The average Bonchev–Trinajstić information content (AvgIpc) is 2.70. The Kier molecular flexibility index (Phi) is 8.37. The fourth-order valence-corrected chi connectivity index (χ4v) is 2.81. The Bertz CT molecular complexity index is 570. The monoisotopic (exact) mass is 364 g/mol. The van der Waals surface area contributed by atoms with Crippen molar-refractivity contribution in [2.45, 2.75) is 38.3 Å². The first-order valence-corrected chi connectivity index (χ1v) is 8.99. The smallest absolute Gasteiger partial charge is 0.305 e. The van der Waals surface area contributed by atoms with Crippen molar-refractivity contribution in [3.05, 3.63) is 29.8 Å². The van der Waals surface area contributed by atoms with Crippen LogP contribution >= 0.6 is 0 Å². The average molecular weight is 364 g/mol. The Hall–Kier alpha value is -2.12. The molecule has 144 valence electrons. The Balaban J connectivity index is 1.69. The molecule has 1 saturated heterocycles. The van der Waals surface area contributed by atoms with E-state index in [1.54, 1.807) is 0 Å². The maximum Gasteiger partial charge on any atom is 0.305 e. The van der Waals surface area contributed by atoms with Crippen LogP contribution in [0.15, 0.2) is 24.3 Å². The van der Waals surface area contributed by atoms with Crippen molar-refractivity contribution in [2.75, 3.05) is 26.9 Å². The second kappa shape index (κ2) is 10.8. The van der Waals surface area contributed by atoms with Crippen LogP contribution in [0.25, 0.3) is 0 Å². The van der Waals surface area contributed by atoms with Gasteiger partial charge >= 0.3 is 5.97 Å². The number of ether oxygens (including phenoxy) is 3. The van der Waals surface area contributed by atoms with Crippen LogP contribution in [0, 0.1) is 5.92 Å². The van der Waals surface area contributed by atoms with Crippen molar-refractivity contribution in [2.24, 2.45) is 11.7 Å². The minimum atomic E-state index is -0.490. The largest absolute Gasteiger partial charge is 0.494 e. The summed E-state index contributed by atoms with van der Waals surface area (Å²) in [7, 11) is 1.37. The van der Waals surface area contributed by atoms with Gasteiger partial charge in [-0.3, -0.25) is 9.59 Å². The van der Waals surface area contributed by atoms with Crippen LogP contribution < -0.4 is 15.8 Å². The van der Waals surface area contributed by atoms with Crippen LogP contribution in [0.1, 0.15) is 31.2 Å². The molecular formula is C19H28N2O5. The molecule has 1 atom stereocenters. The van der Waals surface area contributed by atoms with Crippen LogP contribution in [0.2, 0.25) is 0 Å². The summed E-state index contributed by atoms with van der Waals surface area (Å²) < 4.78 is 15.4. The van der Waals surface area contributed by atoms with Gasteiger partial charge in [-0.2, -0.15) is 0 Å². The van der Waals surface area contributed by atoms with Gasteiger partial charge in [-0.05, 0) is 42.9 Å². The summed E-state index contributed by atoms with van der Waals surface area (Å²) in [6.45, 7) is 2.23. The molecular weight excluding hydrogens is 336 g/mol. The van der Waals surface area contributed by atoms with Crippen LogP contribution in [0.5, 0.6) is 5.75 Å². The highest BCUT2D eigenvalue weighted by atomic mass is 16.5. The Morgan fingerprint density at radius 2 is 1.96 bits per heavy atom. The van der Waals surface area contributed by atoms with Crippen LogP contribution in [0.3, 0.4) is 0 Å². The number of benzene rings is 1. The van der Waals surface area contributed by atoms with Gasteiger partial charge in [0.15, 0.2) is 0 Å². The summed E-state index contributed by atoms with van der Waals surface area (Å²) in [5.41, 5.74) is 7.03. The number of rotatable bonds is 9. The molecule has 1 heterocycles. The van der Waals surface area contributed by atoms with E-state index in [0.717, 1.165) is 24.2 Å². The quantitative estimate of drug-likeness (QED) is 0.507. The molecule has 0 saturated carbocycles. The van der Waals surface area contributed by atoms with Crippen LogP contribution in [-0.2, 0) is 25.6 Å². The predicted octanol–water partition coefficient (Wildman–Crippen LogP) is 1.39. The van der Waals surface area contributed by atoms with E-state index in [9.17, 15) is 9.59 Å². The number of hydrogen-bond donors (Lipinski definition) is 2. The van der Waals surface area contributed by atoms with Crippen molar-refractivity contribution in [1.29, 1.82) is 0 Å². The Morgan fingerprint density at radius 1 is 1.27 bits per heavy atom. The Labute approximate surface area is 154 Å². The second-order valence-corrected chi connectivity index (χ2v) is 6.37. The minimum Gasteiger partial charge on any atom is -0.494 e. The molecule has 1 aliphatic heterocycles. The molecule has 0 aliphatic carbocycles. The summed E-state index contributed by atoms with van der Waals surface area (Å²) in [5, 5.41) is 2.89. The van der Waals surface area contributed by atoms with E-state index in [1.165, 1.54) is 7.11 Å². The van der Waals surface area contributed by atoms with Crippen molar-refractivity contribution in [1.82, 2.24) is 5.32 Å². The number of methoxy groups -OCH3 is 1. The van der Waals surface area contributed by atoms with E-state index in [2.05, 4.69) is 10.1 Å². The molecule has 1 unspecified atom stereocenters. The van der Waals surface area contributed by atoms with Gasteiger partial charge in [0.05, 0.1) is 19.8 Å². The summed E-state index contributed by atoms with van der Waals surface area (Å²) in [6.07, 6.45) is 2.61. The fourth-order valence-electron chi connectivity index (χ4n) is 2.81. The van der Waals surface area contributed by atoms with Gasteiger partial charge < -0.3 is 25.3 Å². The van der Waals surface area contributed by atoms with Gasteiger partial charge in [0.25, 0.3) is 0 Å². The first kappa shape index (κ1) is 20.2. The molecule has 0 spiro atoms. The number of carbonyl (C=O) groups excluding carboxylic acids is 2. The normalized spacial score (nSPS) is 15.9. The van der Waals surface area contributed by atoms with Gasteiger partial charge in [0.1, 0.15) is 5.75 Å². The molecule has 1 aliphatic rings. The Morgan fingerprint density at radius 3 is 2.62 bits per heavy atom. The molecule has 0 aromatic heterocycles. The molecule has 1 amide bonds. The molecule has 0 bridgehead atoms. The predicted molar refractivity (Wildman–Crippen MR) is 96.6 cm³/mol. The van der Waals surface area contributed by atoms with E-state index in [4.69, 9.17) is 15.2 Å². The molecule has 2 rings (SSSR count). The molecule has 26 heavy (non-hydrogen) atoms. The lowest BCUT2D eigenvalue weighted by atomic mass is 9.92. The van der Waals surface area contributed by atoms with Crippen molar-refractivity contribution in [3.63, 3.8) is 0 Å². The standard InChI is InChI=1S/C19H28N2O5/c1-24-17(22)3-2-10-26-16-6-4-14(5-7-16)13-21-19(23)18(20)15-8-11-25-12-9-15/h4-7,15,18H,2-3,8-13,20H2,1H3,(H,21,23). The molecule has 0 radical (unpaired) electrons. The van der Waals surface area contributed by atoms with Gasteiger partial charge in [-0.15, -0.1) is 0 Å². The third-order valence-corrected chi connectivity index (χ3v) is 4.49. The number of nitrogens with two attached hydrogens (primary N) is 1. The topological polar surface area (TPSA) is 99.9 Å². The number of esters is 1. The number of amides is 1. The zero-order valence-corrected chi connectivity index (χ0v) is 15.2. The van der Waals surface area contributed by atoms with E-state index in [0.29, 0.717) is 39.2 Å². The SMILES string of the molecule is COC(=O)CCCOc1ccc(CNC(=O)C(N)C2CCOCC2)cc1. The summed E-state index contributed by atoms with van der Waals surface area (Å²) >= 11 is 0. The van der Waals surface area contributed by atoms with E-state index < -0.39 is 6.04 Å². The van der Waals surface area contributed by atoms with Crippen molar-refractivity contribution in [3.8, 4) is 5.75 Å². The lowest BCUT2D eigenvalue weighted by molar-refractivity contribution is -0.140.